The molecular weight excluding hydrogens is 480 g/mol. The van der Waals surface area contributed by atoms with Gasteiger partial charge in [-0.05, 0) is 42.4 Å². The van der Waals surface area contributed by atoms with Crippen LogP contribution in [-0.2, 0) is 27.3 Å². The molecule has 2 aromatic heterocycles. The number of anilines is 2. The molecule has 38 heavy (non-hydrogen) atoms. The molecule has 3 fully saturated rings. The van der Waals surface area contributed by atoms with E-state index in [1.165, 1.54) is 0 Å². The van der Waals surface area contributed by atoms with Crippen LogP contribution >= 0.6 is 0 Å². The van der Waals surface area contributed by atoms with Crippen LogP contribution in [0.4, 0.5) is 11.5 Å². The smallest absolute Gasteiger partial charge is 0.247 e. The van der Waals surface area contributed by atoms with Crippen LogP contribution in [-0.4, -0.2) is 46.3 Å². The quantitative estimate of drug-likeness (QED) is 0.493. The van der Waals surface area contributed by atoms with Crippen molar-refractivity contribution in [1.82, 2.24) is 14.8 Å². The summed E-state index contributed by atoms with van der Waals surface area (Å²) in [4.78, 5) is 31.9. The highest BCUT2D eigenvalue weighted by molar-refractivity contribution is 6.02. The van der Waals surface area contributed by atoms with E-state index < -0.39 is 5.41 Å². The summed E-state index contributed by atoms with van der Waals surface area (Å²) in [5.74, 6) is 0.211. The lowest BCUT2D eigenvalue weighted by atomic mass is 9.83. The first-order valence-corrected chi connectivity index (χ1v) is 13.1. The van der Waals surface area contributed by atoms with Gasteiger partial charge in [0, 0.05) is 41.7 Å². The van der Waals surface area contributed by atoms with E-state index in [2.05, 4.69) is 28.4 Å². The van der Waals surface area contributed by atoms with Crippen LogP contribution in [0.25, 0.3) is 11.1 Å². The van der Waals surface area contributed by atoms with Crippen molar-refractivity contribution < 1.29 is 14.3 Å². The maximum Gasteiger partial charge on any atom is 0.247 e. The summed E-state index contributed by atoms with van der Waals surface area (Å²) in [6.45, 7) is 5.00. The van der Waals surface area contributed by atoms with E-state index in [9.17, 15) is 14.9 Å². The van der Waals surface area contributed by atoms with E-state index in [0.717, 1.165) is 49.3 Å². The van der Waals surface area contributed by atoms with Gasteiger partial charge < -0.3 is 15.0 Å². The molecule has 9 nitrogen and oxygen atoms in total. The van der Waals surface area contributed by atoms with Gasteiger partial charge in [-0.2, -0.15) is 10.4 Å². The Morgan fingerprint density at radius 3 is 2.82 bits per heavy atom. The molecule has 1 aliphatic carbocycles. The number of ether oxygens (including phenoxy) is 1. The SMILES string of the molecule is CC1(Cn2cc(-c3cccc(CC(=O)Nc4cc(N5CC[C@@](C#N)(C6CC6)C5=O)ccn4)c3)cn2)COC1. The van der Waals surface area contributed by atoms with Gasteiger partial charge in [0.25, 0.3) is 0 Å². The Balaban J connectivity index is 1.10. The average Bonchev–Trinajstić information content (AvgIpc) is 3.55. The van der Waals surface area contributed by atoms with Gasteiger partial charge in [0.2, 0.25) is 11.8 Å². The van der Waals surface area contributed by atoms with Crippen molar-refractivity contribution in [2.45, 2.75) is 39.2 Å². The molecule has 1 N–H and O–H groups in total. The zero-order chi connectivity index (χ0) is 26.3. The van der Waals surface area contributed by atoms with Crippen molar-refractivity contribution in [2.75, 3.05) is 30.0 Å². The molecule has 4 heterocycles. The average molecular weight is 511 g/mol. The number of benzene rings is 1. The molecule has 2 amide bonds. The molecule has 2 saturated heterocycles. The Morgan fingerprint density at radius 2 is 2.08 bits per heavy atom. The predicted octanol–water partition coefficient (Wildman–Crippen LogP) is 3.82. The number of amides is 2. The Hall–Kier alpha value is -4.03. The fourth-order valence-corrected chi connectivity index (χ4v) is 5.55. The molecule has 2 aliphatic heterocycles. The van der Waals surface area contributed by atoms with E-state index >= 15 is 0 Å². The molecule has 1 aromatic carbocycles. The maximum absolute atomic E-state index is 13.1. The van der Waals surface area contributed by atoms with Crippen molar-refractivity contribution in [3.05, 3.63) is 60.6 Å². The van der Waals surface area contributed by atoms with Gasteiger partial charge in [-0.15, -0.1) is 0 Å². The molecule has 6 rings (SSSR count). The van der Waals surface area contributed by atoms with E-state index in [1.54, 1.807) is 23.2 Å². The normalized spacial score (nSPS) is 22.1. The molecule has 3 aromatic rings. The van der Waals surface area contributed by atoms with Gasteiger partial charge in [-0.3, -0.25) is 14.3 Å². The first-order chi connectivity index (χ1) is 18.4. The number of carbonyl (C=O) groups excluding carboxylic acids is 2. The minimum absolute atomic E-state index is 0.132. The molecule has 194 valence electrons. The zero-order valence-electron chi connectivity index (χ0n) is 21.4. The Morgan fingerprint density at radius 1 is 1.24 bits per heavy atom. The summed E-state index contributed by atoms with van der Waals surface area (Å²) < 4.78 is 7.30. The van der Waals surface area contributed by atoms with Crippen LogP contribution in [0.2, 0.25) is 0 Å². The molecule has 0 bridgehead atoms. The molecule has 1 atom stereocenters. The number of carbonyl (C=O) groups is 2. The van der Waals surface area contributed by atoms with E-state index in [1.807, 2.05) is 41.3 Å². The molecule has 3 aliphatic rings. The lowest BCUT2D eigenvalue weighted by Gasteiger charge is -2.37. The molecule has 0 spiro atoms. The standard InChI is InChI=1S/C29H30N6O3/c1-28(18-38-19-28)17-34-15-22(14-32-34)21-4-2-3-20(11-21)12-26(36)33-25-13-24(7-9-31-25)35-10-8-29(16-30,27(35)37)23-5-6-23/h2-4,7,9,11,13-15,23H,5-6,8,10,12,17-19H2,1H3,(H,31,33,36)/t29-/m1/s1. The third-order valence-electron chi connectivity index (χ3n) is 7.86. The van der Waals surface area contributed by atoms with Gasteiger partial charge in [0.05, 0.1) is 38.4 Å². The number of nitriles is 1. The lowest BCUT2D eigenvalue weighted by Crippen LogP contribution is -2.43. The van der Waals surface area contributed by atoms with Crippen molar-refractivity contribution in [3.8, 4) is 17.2 Å². The Labute approximate surface area is 221 Å². The topological polar surface area (TPSA) is 113 Å². The molecule has 9 heteroatoms. The number of hydrogen-bond donors (Lipinski definition) is 1. The van der Waals surface area contributed by atoms with Gasteiger partial charge in [-0.25, -0.2) is 4.98 Å². The van der Waals surface area contributed by atoms with Crippen LogP contribution < -0.4 is 10.2 Å². The second kappa shape index (κ2) is 9.37. The summed E-state index contributed by atoms with van der Waals surface area (Å²) >= 11 is 0. The summed E-state index contributed by atoms with van der Waals surface area (Å²) in [5, 5.41) is 17.1. The highest BCUT2D eigenvalue weighted by Gasteiger charge is 2.56. The molecule has 0 radical (unpaired) electrons. The molecule has 1 saturated carbocycles. The van der Waals surface area contributed by atoms with Crippen molar-refractivity contribution in [3.63, 3.8) is 0 Å². The van der Waals surface area contributed by atoms with E-state index in [4.69, 9.17) is 4.74 Å². The van der Waals surface area contributed by atoms with Crippen LogP contribution in [0.5, 0.6) is 0 Å². The number of hydrogen-bond acceptors (Lipinski definition) is 6. The Kier molecular flexibility index (Phi) is 6.00. The minimum Gasteiger partial charge on any atom is -0.380 e. The first-order valence-electron chi connectivity index (χ1n) is 13.1. The number of rotatable bonds is 8. The molecule has 0 unspecified atom stereocenters. The van der Waals surface area contributed by atoms with Crippen molar-refractivity contribution in [1.29, 1.82) is 5.26 Å². The van der Waals surface area contributed by atoms with Crippen LogP contribution in [0.15, 0.2) is 55.0 Å². The number of pyridine rings is 1. The van der Waals surface area contributed by atoms with Gasteiger partial charge >= 0.3 is 0 Å². The zero-order valence-corrected chi connectivity index (χ0v) is 21.4. The first kappa shape index (κ1) is 24.3. The summed E-state index contributed by atoms with van der Waals surface area (Å²) in [6, 6.07) is 13.6. The third-order valence-corrected chi connectivity index (χ3v) is 7.86. The predicted molar refractivity (Wildman–Crippen MR) is 141 cm³/mol. The van der Waals surface area contributed by atoms with Crippen LogP contribution in [0.1, 0.15) is 31.7 Å². The summed E-state index contributed by atoms with van der Waals surface area (Å²) in [7, 11) is 0. The lowest BCUT2D eigenvalue weighted by molar-refractivity contribution is -0.123. The number of nitrogens with one attached hydrogen (secondary N) is 1. The van der Waals surface area contributed by atoms with Gasteiger partial charge in [0.15, 0.2) is 0 Å². The molecular formula is C29H30N6O3. The van der Waals surface area contributed by atoms with Crippen LogP contribution in [0, 0.1) is 28.1 Å². The van der Waals surface area contributed by atoms with Crippen molar-refractivity contribution >= 4 is 23.3 Å². The minimum atomic E-state index is -0.905. The third kappa shape index (κ3) is 4.56. The highest BCUT2D eigenvalue weighted by atomic mass is 16.5. The number of aromatic nitrogens is 3. The largest absolute Gasteiger partial charge is 0.380 e. The van der Waals surface area contributed by atoms with Gasteiger partial charge in [0.1, 0.15) is 11.2 Å². The van der Waals surface area contributed by atoms with Crippen molar-refractivity contribution in [2.24, 2.45) is 16.7 Å². The van der Waals surface area contributed by atoms with Gasteiger partial charge in [-0.1, -0.05) is 31.2 Å². The highest BCUT2D eigenvalue weighted by Crippen LogP contribution is 2.51. The maximum atomic E-state index is 13.1. The van der Waals surface area contributed by atoms with E-state index in [0.29, 0.717) is 24.5 Å². The number of nitrogens with zero attached hydrogens (tertiary/aromatic N) is 5. The second-order valence-electron chi connectivity index (χ2n) is 11.1. The summed E-state index contributed by atoms with van der Waals surface area (Å²) in [5.41, 5.74) is 2.76. The Bertz CT molecular complexity index is 1430. The fourth-order valence-electron chi connectivity index (χ4n) is 5.55. The van der Waals surface area contributed by atoms with E-state index in [-0.39, 0.29) is 29.6 Å². The second-order valence-corrected chi connectivity index (χ2v) is 11.1. The monoisotopic (exact) mass is 510 g/mol. The van der Waals surface area contributed by atoms with Crippen LogP contribution in [0.3, 0.4) is 0 Å². The summed E-state index contributed by atoms with van der Waals surface area (Å²) in [6.07, 6.45) is 8.05. The fraction of sp³-hybridized carbons (Fsp3) is 0.414.